The van der Waals surface area contributed by atoms with Crippen molar-refractivity contribution in [3.8, 4) is 11.3 Å². The molecule has 0 spiro atoms. The molecule has 16 heteroatoms. The summed E-state index contributed by atoms with van der Waals surface area (Å²) in [5.74, 6) is -0.949. The Bertz CT molecular complexity index is 1960. The highest BCUT2D eigenvalue weighted by molar-refractivity contribution is 6.35. The van der Waals surface area contributed by atoms with E-state index in [9.17, 15) is 24.0 Å². The Morgan fingerprint density at radius 3 is 2.13 bits per heavy atom. The Kier molecular flexibility index (Phi) is 12.0. The summed E-state index contributed by atoms with van der Waals surface area (Å²) in [6, 6.07) is 3.31. The van der Waals surface area contributed by atoms with Crippen LogP contribution in [-0.2, 0) is 30.3 Å². The van der Waals surface area contributed by atoms with Gasteiger partial charge in [0.2, 0.25) is 0 Å². The van der Waals surface area contributed by atoms with Gasteiger partial charge in [-0.1, -0.05) is 0 Å². The van der Waals surface area contributed by atoms with Gasteiger partial charge in [-0.25, -0.2) is 19.2 Å². The van der Waals surface area contributed by atoms with Gasteiger partial charge in [-0.3, -0.25) is 9.78 Å². The van der Waals surface area contributed by atoms with Gasteiger partial charge in [-0.2, -0.15) is 9.78 Å². The van der Waals surface area contributed by atoms with Gasteiger partial charge in [-0.05, 0) is 94.4 Å². The molecule has 4 heterocycles. The van der Waals surface area contributed by atoms with E-state index in [0.29, 0.717) is 33.9 Å². The Balaban J connectivity index is 1.79. The number of carbonyl (C=O) groups is 5. The number of aryl methyl sites for hydroxylation is 1. The molecule has 0 radical (unpaired) electrons. The van der Waals surface area contributed by atoms with Crippen LogP contribution in [0.3, 0.4) is 0 Å². The normalized spacial score (nSPS) is 13.6. The minimum Gasteiger partial charge on any atom is -0.462 e. The van der Waals surface area contributed by atoms with Gasteiger partial charge < -0.3 is 39.0 Å². The van der Waals surface area contributed by atoms with Crippen molar-refractivity contribution in [1.29, 1.82) is 0 Å². The lowest BCUT2D eigenvalue weighted by molar-refractivity contribution is -0.110. The number of hydrogen-bond donors (Lipinski definition) is 2. The zero-order valence-corrected chi connectivity index (χ0v) is 33.1. The van der Waals surface area contributed by atoms with Crippen LogP contribution in [0, 0.1) is 6.92 Å². The van der Waals surface area contributed by atoms with Crippen LogP contribution in [0.4, 0.5) is 20.1 Å². The topological polar surface area (TPSA) is 187 Å². The van der Waals surface area contributed by atoms with Crippen LogP contribution in [-0.4, -0.2) is 103 Å². The number of nitrogens with one attached hydrogen (secondary N) is 2. The second kappa shape index (κ2) is 15.7. The Hall–Kier alpha value is -5.67. The number of aromatic amines is 1. The molecule has 3 amide bonds. The standard InChI is InChI=1S/C38H51N7O9/c1-13-51-32(47)25-16-22(2)40-28(25)18-24-23-17-27(39-19-29(23)41-31(24)46)26-20-45(35(50)54-38(9,10)11)42-30(26)21-44(34(49)53-37(6,7)8)15-14-43(12)33(48)52-36(3,4)5/h16-20,40H,13-15,21H2,1-12H3,(H,41,46)/b24-18-. The van der Waals surface area contributed by atoms with Crippen molar-refractivity contribution in [2.45, 2.75) is 99.5 Å². The second-order valence-electron chi connectivity index (χ2n) is 15.8. The van der Waals surface area contributed by atoms with Crippen LogP contribution in [0.2, 0.25) is 0 Å². The number of nitrogens with zero attached hydrogens (tertiary/aromatic N) is 5. The van der Waals surface area contributed by atoms with E-state index >= 15 is 0 Å². The van der Waals surface area contributed by atoms with Crippen molar-refractivity contribution in [1.82, 2.24) is 29.5 Å². The highest BCUT2D eigenvalue weighted by Gasteiger charge is 2.31. The second-order valence-corrected chi connectivity index (χ2v) is 15.8. The number of anilines is 1. The quantitative estimate of drug-likeness (QED) is 0.136. The molecule has 4 rings (SSSR count). The van der Waals surface area contributed by atoms with E-state index in [1.165, 1.54) is 22.2 Å². The molecule has 0 unspecified atom stereocenters. The van der Waals surface area contributed by atoms with Crippen molar-refractivity contribution >= 4 is 47.5 Å². The van der Waals surface area contributed by atoms with Crippen LogP contribution >= 0.6 is 0 Å². The fourth-order valence-corrected chi connectivity index (χ4v) is 5.21. The molecular formula is C38H51N7O9. The monoisotopic (exact) mass is 749 g/mol. The summed E-state index contributed by atoms with van der Waals surface area (Å²) < 4.78 is 23.0. The molecule has 3 aromatic rings. The smallest absolute Gasteiger partial charge is 0.435 e. The number of likely N-dealkylation sites (N-methyl/N-ethyl adjacent to an activating group) is 1. The summed E-state index contributed by atoms with van der Waals surface area (Å²) in [7, 11) is 1.56. The van der Waals surface area contributed by atoms with Crippen molar-refractivity contribution in [3.05, 3.63) is 52.7 Å². The lowest BCUT2D eigenvalue weighted by Gasteiger charge is -2.29. The largest absolute Gasteiger partial charge is 0.462 e. The van der Waals surface area contributed by atoms with Gasteiger partial charge in [-0.15, -0.1) is 0 Å². The highest BCUT2D eigenvalue weighted by Crippen LogP contribution is 2.36. The average molecular weight is 750 g/mol. The van der Waals surface area contributed by atoms with Crippen molar-refractivity contribution in [2.24, 2.45) is 0 Å². The molecule has 0 aromatic carbocycles. The van der Waals surface area contributed by atoms with Crippen LogP contribution < -0.4 is 5.32 Å². The number of rotatable bonds is 9. The number of amides is 3. The van der Waals surface area contributed by atoms with E-state index in [0.717, 1.165) is 4.68 Å². The van der Waals surface area contributed by atoms with E-state index in [4.69, 9.17) is 18.9 Å². The first-order valence-corrected chi connectivity index (χ1v) is 17.6. The highest BCUT2D eigenvalue weighted by atomic mass is 16.6. The summed E-state index contributed by atoms with van der Waals surface area (Å²) in [5, 5.41) is 7.34. The van der Waals surface area contributed by atoms with E-state index in [1.54, 1.807) is 101 Å². The summed E-state index contributed by atoms with van der Waals surface area (Å²) >= 11 is 0. The maximum Gasteiger partial charge on any atom is 0.435 e. The van der Waals surface area contributed by atoms with Crippen LogP contribution in [0.25, 0.3) is 22.9 Å². The third-order valence-electron chi connectivity index (χ3n) is 7.50. The number of carbonyl (C=O) groups excluding carboxylic acids is 5. The number of ether oxygens (including phenoxy) is 4. The summed E-state index contributed by atoms with van der Waals surface area (Å²) in [6.07, 6.45) is 2.47. The fourth-order valence-electron chi connectivity index (χ4n) is 5.21. The van der Waals surface area contributed by atoms with E-state index in [-0.39, 0.29) is 43.1 Å². The Morgan fingerprint density at radius 2 is 1.52 bits per heavy atom. The first kappa shape index (κ1) is 41.1. The summed E-state index contributed by atoms with van der Waals surface area (Å²) in [6.45, 7) is 19.3. The molecule has 2 N–H and O–H groups in total. The van der Waals surface area contributed by atoms with Gasteiger partial charge in [0.15, 0.2) is 0 Å². The number of aromatic nitrogens is 4. The predicted octanol–water partition coefficient (Wildman–Crippen LogP) is 6.64. The molecule has 0 saturated carbocycles. The Labute approximate surface area is 315 Å². The van der Waals surface area contributed by atoms with E-state index in [1.807, 2.05) is 0 Å². The Morgan fingerprint density at radius 1 is 0.889 bits per heavy atom. The van der Waals surface area contributed by atoms with Crippen molar-refractivity contribution in [3.63, 3.8) is 0 Å². The van der Waals surface area contributed by atoms with Crippen LogP contribution in [0.1, 0.15) is 102 Å². The number of esters is 1. The molecule has 0 fully saturated rings. The molecule has 0 bridgehead atoms. The van der Waals surface area contributed by atoms with Crippen LogP contribution in [0.5, 0.6) is 0 Å². The number of H-pyrrole nitrogens is 1. The van der Waals surface area contributed by atoms with Crippen molar-refractivity contribution < 1.29 is 42.9 Å². The zero-order chi connectivity index (χ0) is 40.3. The molecule has 16 nitrogen and oxygen atoms in total. The van der Waals surface area contributed by atoms with E-state index < -0.39 is 47.0 Å². The van der Waals surface area contributed by atoms with Gasteiger partial charge in [0.25, 0.3) is 5.91 Å². The predicted molar refractivity (Wildman–Crippen MR) is 201 cm³/mol. The van der Waals surface area contributed by atoms with Gasteiger partial charge in [0, 0.05) is 43.2 Å². The SMILES string of the molecule is CCOC(=O)c1cc(C)[nH]c1/C=C1\C(=O)Nc2cnc(-c3cn(C(=O)OC(C)(C)C)nc3CN(CCN(C)C(=O)OC(C)(C)C)C(=O)OC(C)(C)C)cc21. The molecule has 0 aliphatic carbocycles. The fraction of sp³-hybridized carbons (Fsp3) is 0.500. The molecule has 3 aromatic heterocycles. The lowest BCUT2D eigenvalue weighted by atomic mass is 10.0. The molecule has 1 aliphatic rings. The number of pyridine rings is 1. The number of fused-ring (bicyclic) bond motifs is 1. The lowest BCUT2D eigenvalue weighted by Crippen LogP contribution is -2.43. The maximum atomic E-state index is 13.6. The molecule has 0 atom stereocenters. The third kappa shape index (κ3) is 10.7. The summed E-state index contributed by atoms with van der Waals surface area (Å²) in [4.78, 5) is 76.0. The zero-order valence-electron chi connectivity index (χ0n) is 33.1. The maximum absolute atomic E-state index is 13.6. The van der Waals surface area contributed by atoms with Gasteiger partial charge in [0.1, 0.15) is 16.8 Å². The summed E-state index contributed by atoms with van der Waals surface area (Å²) in [5.41, 5.74) is 1.06. The molecule has 54 heavy (non-hydrogen) atoms. The third-order valence-corrected chi connectivity index (χ3v) is 7.50. The van der Waals surface area contributed by atoms with Crippen LogP contribution in [0.15, 0.2) is 24.5 Å². The van der Waals surface area contributed by atoms with E-state index in [2.05, 4.69) is 20.4 Å². The van der Waals surface area contributed by atoms with Crippen molar-refractivity contribution in [2.75, 3.05) is 32.1 Å². The first-order valence-electron chi connectivity index (χ1n) is 17.6. The molecule has 292 valence electrons. The molecule has 0 saturated heterocycles. The molecule has 1 aliphatic heterocycles. The molecular weight excluding hydrogens is 698 g/mol. The number of hydrogen-bond acceptors (Lipinski definition) is 11. The van der Waals surface area contributed by atoms with Gasteiger partial charge >= 0.3 is 24.2 Å². The average Bonchev–Trinajstić information content (AvgIpc) is 3.71. The first-order chi connectivity index (χ1) is 24.9. The minimum atomic E-state index is -0.847. The van der Waals surface area contributed by atoms with Gasteiger partial charge in [0.05, 0.1) is 53.3 Å². The minimum absolute atomic E-state index is 0.0185.